The summed E-state index contributed by atoms with van der Waals surface area (Å²) in [5, 5.41) is 0. The molecule has 0 unspecified atom stereocenters. The zero-order valence-electron chi connectivity index (χ0n) is 24.4. The van der Waals surface area contributed by atoms with Crippen LogP contribution in [0.1, 0.15) is 104 Å². The molecule has 0 bridgehead atoms. The summed E-state index contributed by atoms with van der Waals surface area (Å²) in [4.78, 5) is 24.0. The lowest BCUT2D eigenvalue weighted by molar-refractivity contribution is -0.210. The molecule has 3 saturated carbocycles. The number of hydrogen-bond donors (Lipinski definition) is 0. The van der Waals surface area contributed by atoms with Crippen LogP contribution in [0.15, 0.2) is 6.07 Å². The molecule has 0 saturated heterocycles. The molecular formula is C32H46O5. The maximum Gasteiger partial charge on any atom is 0.308 e. The predicted octanol–water partition coefficient (Wildman–Crippen LogP) is 6.94. The number of hydrogen-bond acceptors (Lipinski definition) is 5. The Balaban J connectivity index is 1.56. The SMILES string of the molecule is COc1c(C)cc(OC(C)=O)c2c1C[C@H]1[C@@]3(C)CC[C@H]4C(C)(C)[C@@H](OC(C)=O)CC[C@@]4(C)[C@H]3CC[C@]21C. The summed E-state index contributed by atoms with van der Waals surface area (Å²) in [6.07, 6.45) is 7.60. The minimum atomic E-state index is -0.265. The third kappa shape index (κ3) is 3.61. The number of aryl methyl sites for hydroxylation is 1. The molecule has 204 valence electrons. The number of methoxy groups -OCH3 is 1. The van der Waals surface area contributed by atoms with Gasteiger partial charge in [-0.1, -0.05) is 34.6 Å². The molecule has 0 N–H and O–H groups in total. The summed E-state index contributed by atoms with van der Waals surface area (Å²) in [7, 11) is 1.76. The van der Waals surface area contributed by atoms with Crippen molar-refractivity contribution < 1.29 is 23.8 Å². The number of rotatable bonds is 3. The van der Waals surface area contributed by atoms with Gasteiger partial charge in [0.05, 0.1) is 7.11 Å². The minimum Gasteiger partial charge on any atom is -0.496 e. The van der Waals surface area contributed by atoms with Crippen LogP contribution in [0.5, 0.6) is 11.5 Å². The van der Waals surface area contributed by atoms with Gasteiger partial charge in [0.1, 0.15) is 17.6 Å². The fraction of sp³-hybridized carbons (Fsp3) is 0.750. The van der Waals surface area contributed by atoms with Crippen LogP contribution in [-0.2, 0) is 26.2 Å². The lowest BCUT2D eigenvalue weighted by Crippen LogP contribution is -2.63. The topological polar surface area (TPSA) is 61.8 Å². The normalized spacial score (nSPS) is 39.5. The van der Waals surface area contributed by atoms with E-state index >= 15 is 0 Å². The molecule has 37 heavy (non-hydrogen) atoms. The van der Waals surface area contributed by atoms with Crippen molar-refractivity contribution in [2.24, 2.45) is 34.0 Å². The zero-order valence-corrected chi connectivity index (χ0v) is 24.4. The van der Waals surface area contributed by atoms with Crippen LogP contribution in [0.2, 0.25) is 0 Å². The zero-order chi connectivity index (χ0) is 27.1. The van der Waals surface area contributed by atoms with Gasteiger partial charge in [0.15, 0.2) is 0 Å². The summed E-state index contributed by atoms with van der Waals surface area (Å²) in [6, 6.07) is 2.01. The van der Waals surface area contributed by atoms with Gasteiger partial charge in [0.2, 0.25) is 0 Å². The second kappa shape index (κ2) is 8.48. The molecule has 5 heteroatoms. The van der Waals surface area contributed by atoms with E-state index in [1.807, 2.05) is 6.07 Å². The van der Waals surface area contributed by atoms with Crippen molar-refractivity contribution in [2.45, 2.75) is 112 Å². The molecule has 5 nitrogen and oxygen atoms in total. The van der Waals surface area contributed by atoms with Crippen LogP contribution < -0.4 is 9.47 Å². The number of esters is 2. The molecule has 0 aromatic heterocycles. The summed E-state index contributed by atoms with van der Waals surface area (Å²) in [5.41, 5.74) is 3.78. The van der Waals surface area contributed by atoms with E-state index in [2.05, 4.69) is 41.5 Å². The van der Waals surface area contributed by atoms with Crippen molar-refractivity contribution >= 4 is 11.9 Å². The molecule has 7 atom stereocenters. The average molecular weight is 511 g/mol. The van der Waals surface area contributed by atoms with E-state index in [0.717, 1.165) is 49.2 Å². The van der Waals surface area contributed by atoms with Crippen molar-refractivity contribution in [1.29, 1.82) is 0 Å². The van der Waals surface area contributed by atoms with Crippen LogP contribution >= 0.6 is 0 Å². The Bertz CT molecular complexity index is 1140. The quantitative estimate of drug-likeness (QED) is 0.325. The van der Waals surface area contributed by atoms with Crippen LogP contribution in [0.3, 0.4) is 0 Å². The molecular weight excluding hydrogens is 464 g/mol. The summed E-state index contributed by atoms with van der Waals surface area (Å²) in [6.45, 7) is 17.3. The highest BCUT2D eigenvalue weighted by atomic mass is 16.5. The van der Waals surface area contributed by atoms with Crippen LogP contribution in [0.4, 0.5) is 0 Å². The Morgan fingerprint density at radius 2 is 1.49 bits per heavy atom. The van der Waals surface area contributed by atoms with Crippen LogP contribution in [0, 0.1) is 40.9 Å². The highest BCUT2D eigenvalue weighted by Gasteiger charge is 2.67. The summed E-state index contributed by atoms with van der Waals surface area (Å²) in [5.74, 6) is 2.86. The van der Waals surface area contributed by atoms with Gasteiger partial charge in [0.25, 0.3) is 0 Å². The maximum atomic E-state index is 12.1. The van der Waals surface area contributed by atoms with Gasteiger partial charge in [-0.3, -0.25) is 9.59 Å². The van der Waals surface area contributed by atoms with E-state index in [9.17, 15) is 9.59 Å². The molecule has 0 spiro atoms. The van der Waals surface area contributed by atoms with Gasteiger partial charge in [-0.15, -0.1) is 0 Å². The van der Waals surface area contributed by atoms with E-state index in [4.69, 9.17) is 14.2 Å². The molecule has 0 radical (unpaired) electrons. The number of ether oxygens (including phenoxy) is 3. The van der Waals surface area contributed by atoms with E-state index in [1.165, 1.54) is 30.9 Å². The molecule has 0 heterocycles. The van der Waals surface area contributed by atoms with Gasteiger partial charge in [-0.05, 0) is 92.1 Å². The first-order chi connectivity index (χ1) is 17.2. The summed E-state index contributed by atoms with van der Waals surface area (Å²) >= 11 is 0. The van der Waals surface area contributed by atoms with Crippen molar-refractivity contribution in [2.75, 3.05) is 7.11 Å². The highest BCUT2D eigenvalue weighted by Crippen LogP contribution is 2.73. The Labute approximate surface area is 223 Å². The molecule has 1 aromatic carbocycles. The van der Waals surface area contributed by atoms with Crippen molar-refractivity contribution in [3.63, 3.8) is 0 Å². The lowest BCUT2D eigenvalue weighted by atomic mass is 9.37. The first-order valence-corrected chi connectivity index (χ1v) is 14.3. The predicted molar refractivity (Wildman–Crippen MR) is 144 cm³/mol. The van der Waals surface area contributed by atoms with Crippen LogP contribution in [0.25, 0.3) is 0 Å². The molecule has 0 amide bonds. The van der Waals surface area contributed by atoms with Gasteiger partial charge in [0, 0.05) is 35.8 Å². The fourth-order valence-corrected chi connectivity index (χ4v) is 10.5. The first-order valence-electron chi connectivity index (χ1n) is 14.3. The molecule has 3 fully saturated rings. The third-order valence-electron chi connectivity index (χ3n) is 11.8. The first kappa shape index (κ1) is 26.6. The third-order valence-corrected chi connectivity index (χ3v) is 11.8. The standard InChI is InChI=1S/C32H46O5/c1-18-16-22(36-19(2)33)27-21(28(18)35-9)17-25-31(7)13-10-23-29(4,5)26(37-20(3)34)12-15-30(23,6)24(31)11-14-32(25,27)8/h16,23-26H,10-15,17H2,1-9H3/t23-,24+,25-,26-,30+,31-,32-/m0/s1. The van der Waals surface area contributed by atoms with E-state index in [1.54, 1.807) is 14.0 Å². The largest absolute Gasteiger partial charge is 0.496 e. The van der Waals surface area contributed by atoms with Crippen molar-refractivity contribution in [1.82, 2.24) is 0 Å². The number of benzene rings is 1. The Morgan fingerprint density at radius 1 is 0.865 bits per heavy atom. The Hall–Kier alpha value is -2.04. The van der Waals surface area contributed by atoms with E-state index in [-0.39, 0.29) is 39.7 Å². The molecule has 4 aliphatic rings. The fourth-order valence-electron chi connectivity index (χ4n) is 10.5. The van der Waals surface area contributed by atoms with Crippen LogP contribution in [-0.4, -0.2) is 25.2 Å². The van der Waals surface area contributed by atoms with Crippen molar-refractivity contribution in [3.05, 3.63) is 22.8 Å². The minimum absolute atomic E-state index is 0.00412. The molecule has 4 aliphatic carbocycles. The number of carbonyl (C=O) groups excluding carboxylic acids is 2. The number of carbonyl (C=O) groups is 2. The average Bonchev–Trinajstić information content (AvgIpc) is 3.09. The lowest BCUT2D eigenvalue weighted by Gasteiger charge is -2.68. The monoisotopic (exact) mass is 510 g/mol. The molecule has 5 rings (SSSR count). The van der Waals surface area contributed by atoms with Gasteiger partial charge in [-0.2, -0.15) is 0 Å². The van der Waals surface area contributed by atoms with E-state index in [0.29, 0.717) is 17.8 Å². The van der Waals surface area contributed by atoms with E-state index < -0.39 is 0 Å². The molecule has 0 aliphatic heterocycles. The van der Waals surface area contributed by atoms with Crippen molar-refractivity contribution in [3.8, 4) is 11.5 Å². The second-order valence-electron chi connectivity index (χ2n) is 14.0. The van der Waals surface area contributed by atoms with Gasteiger partial charge >= 0.3 is 11.9 Å². The summed E-state index contributed by atoms with van der Waals surface area (Å²) < 4.78 is 17.7. The maximum absolute atomic E-state index is 12.1. The second-order valence-corrected chi connectivity index (χ2v) is 14.0. The van der Waals surface area contributed by atoms with Gasteiger partial charge in [-0.25, -0.2) is 0 Å². The Morgan fingerprint density at radius 3 is 2.11 bits per heavy atom. The smallest absolute Gasteiger partial charge is 0.308 e. The highest BCUT2D eigenvalue weighted by molar-refractivity contribution is 5.72. The Kier molecular flexibility index (Phi) is 6.09. The van der Waals surface area contributed by atoms with Gasteiger partial charge < -0.3 is 14.2 Å². The molecule has 1 aromatic rings. The number of fused-ring (bicyclic) bond motifs is 7.